The smallest absolute Gasteiger partial charge is 0.243 e. The molecular formula is C20H30N4O6. The molecule has 10 heteroatoms. The highest BCUT2D eigenvalue weighted by Gasteiger charge is 2.37. The summed E-state index contributed by atoms with van der Waals surface area (Å²) >= 11 is 0. The summed E-state index contributed by atoms with van der Waals surface area (Å²) in [6, 6.07) is -2.25. The Labute approximate surface area is 175 Å². The molecule has 3 rings (SSSR count). The third-order valence-electron chi connectivity index (χ3n) is 5.78. The van der Waals surface area contributed by atoms with Gasteiger partial charge in [0.1, 0.15) is 24.2 Å². The summed E-state index contributed by atoms with van der Waals surface area (Å²) in [5, 5.41) is 7.92. The van der Waals surface area contributed by atoms with Crippen LogP contribution in [0, 0.1) is 0 Å². The fourth-order valence-electron chi connectivity index (χ4n) is 3.89. The van der Waals surface area contributed by atoms with Gasteiger partial charge in [0.05, 0.1) is 13.2 Å². The van der Waals surface area contributed by atoms with Crippen molar-refractivity contribution in [2.45, 2.75) is 76.1 Å². The largest absolute Gasteiger partial charge is 0.365 e. The van der Waals surface area contributed by atoms with Gasteiger partial charge in [-0.15, -0.1) is 0 Å². The highest BCUT2D eigenvalue weighted by molar-refractivity contribution is 5.96. The third kappa shape index (κ3) is 5.78. The van der Waals surface area contributed by atoms with Crippen molar-refractivity contribution >= 4 is 29.4 Å². The molecule has 3 fully saturated rings. The molecule has 10 nitrogen and oxygen atoms in total. The van der Waals surface area contributed by atoms with Crippen LogP contribution in [-0.4, -0.2) is 78.2 Å². The molecule has 4 amide bonds. The summed E-state index contributed by atoms with van der Waals surface area (Å²) in [4.78, 5) is 63.2. The number of nitrogens with one attached hydrogen (secondary N) is 3. The van der Waals surface area contributed by atoms with E-state index in [1.165, 1.54) is 11.8 Å². The molecule has 0 aromatic rings. The van der Waals surface area contributed by atoms with Crippen LogP contribution in [0.2, 0.25) is 0 Å². The highest BCUT2D eigenvalue weighted by atomic mass is 16.6. The van der Waals surface area contributed by atoms with E-state index in [1.807, 2.05) is 0 Å². The van der Waals surface area contributed by atoms with Crippen LogP contribution >= 0.6 is 0 Å². The van der Waals surface area contributed by atoms with Crippen molar-refractivity contribution in [1.82, 2.24) is 20.9 Å². The number of rotatable bonds is 7. The summed E-state index contributed by atoms with van der Waals surface area (Å²) < 4.78 is 4.97. The molecule has 3 saturated heterocycles. The molecule has 4 atom stereocenters. The SMILES string of the molecule is C[C@H]1NC(=O)[C@H](CCCCCC(=O)[C@@H]2CO2)NC(=O)[C@H]2CCCN2C(=O)CNC1=O. The second-order valence-electron chi connectivity index (χ2n) is 8.14. The lowest BCUT2D eigenvalue weighted by Gasteiger charge is -2.28. The Hall–Kier alpha value is -2.49. The van der Waals surface area contributed by atoms with Crippen molar-refractivity contribution < 1.29 is 28.7 Å². The maximum Gasteiger partial charge on any atom is 0.243 e. The Morgan fingerprint density at radius 1 is 1.07 bits per heavy atom. The fraction of sp³-hybridized carbons (Fsp3) is 0.750. The van der Waals surface area contributed by atoms with Crippen LogP contribution in [0.3, 0.4) is 0 Å². The molecular weight excluding hydrogens is 392 g/mol. The lowest BCUT2D eigenvalue weighted by molar-refractivity contribution is -0.141. The van der Waals surface area contributed by atoms with Crippen LogP contribution in [0.15, 0.2) is 0 Å². The van der Waals surface area contributed by atoms with E-state index in [1.54, 1.807) is 0 Å². The van der Waals surface area contributed by atoms with Crippen LogP contribution in [0.4, 0.5) is 0 Å². The molecule has 3 N–H and O–H groups in total. The Morgan fingerprint density at radius 2 is 1.83 bits per heavy atom. The molecule has 3 heterocycles. The molecule has 3 aliphatic rings. The summed E-state index contributed by atoms with van der Waals surface area (Å²) in [6.07, 6.45) is 3.92. The average molecular weight is 422 g/mol. The molecule has 0 unspecified atom stereocenters. The first kappa shape index (κ1) is 22.2. The number of unbranched alkanes of at least 4 members (excludes halogenated alkanes) is 2. The number of fused-ring (bicyclic) bond motifs is 1. The maximum absolute atomic E-state index is 12.8. The second-order valence-corrected chi connectivity index (χ2v) is 8.14. The first-order valence-corrected chi connectivity index (χ1v) is 10.7. The van der Waals surface area contributed by atoms with Gasteiger partial charge in [0.25, 0.3) is 0 Å². The van der Waals surface area contributed by atoms with Crippen molar-refractivity contribution in [2.24, 2.45) is 0 Å². The van der Waals surface area contributed by atoms with Crippen LogP contribution in [0.5, 0.6) is 0 Å². The quantitative estimate of drug-likeness (QED) is 0.356. The van der Waals surface area contributed by atoms with Gasteiger partial charge >= 0.3 is 0 Å². The molecule has 0 spiro atoms. The second kappa shape index (κ2) is 10.0. The van der Waals surface area contributed by atoms with Gasteiger partial charge in [0.2, 0.25) is 23.6 Å². The molecule has 0 saturated carbocycles. The summed E-state index contributed by atoms with van der Waals surface area (Å²) in [7, 11) is 0. The Kier molecular flexibility index (Phi) is 7.41. The topological polar surface area (TPSA) is 137 Å². The minimum atomic E-state index is -0.824. The van der Waals surface area contributed by atoms with E-state index in [0.717, 1.165) is 6.42 Å². The lowest BCUT2D eigenvalue weighted by Crippen LogP contribution is -2.58. The Bertz CT molecular complexity index is 707. The van der Waals surface area contributed by atoms with Crippen molar-refractivity contribution in [3.05, 3.63) is 0 Å². The minimum absolute atomic E-state index is 0.109. The molecule has 0 aliphatic carbocycles. The maximum atomic E-state index is 12.8. The predicted molar refractivity (Wildman–Crippen MR) is 105 cm³/mol. The molecule has 0 radical (unpaired) electrons. The zero-order valence-corrected chi connectivity index (χ0v) is 17.3. The molecule has 3 aliphatic heterocycles. The molecule has 0 aromatic carbocycles. The van der Waals surface area contributed by atoms with E-state index >= 15 is 0 Å². The van der Waals surface area contributed by atoms with Gasteiger partial charge in [-0.1, -0.05) is 12.8 Å². The monoisotopic (exact) mass is 422 g/mol. The third-order valence-corrected chi connectivity index (χ3v) is 5.78. The number of epoxide rings is 1. The predicted octanol–water partition coefficient (Wildman–Crippen LogP) is -0.985. The van der Waals surface area contributed by atoms with E-state index in [2.05, 4.69) is 16.0 Å². The van der Waals surface area contributed by atoms with E-state index in [4.69, 9.17) is 4.74 Å². The summed E-state index contributed by atoms with van der Waals surface area (Å²) in [5.41, 5.74) is 0. The van der Waals surface area contributed by atoms with Crippen LogP contribution < -0.4 is 16.0 Å². The van der Waals surface area contributed by atoms with Crippen molar-refractivity contribution in [3.63, 3.8) is 0 Å². The highest BCUT2D eigenvalue weighted by Crippen LogP contribution is 2.19. The van der Waals surface area contributed by atoms with E-state index in [-0.39, 0.29) is 30.2 Å². The van der Waals surface area contributed by atoms with Gasteiger partial charge in [0.15, 0.2) is 5.78 Å². The van der Waals surface area contributed by atoms with Gasteiger partial charge < -0.3 is 25.6 Å². The van der Waals surface area contributed by atoms with Crippen LogP contribution in [-0.2, 0) is 28.7 Å². The molecule has 0 bridgehead atoms. The lowest BCUT2D eigenvalue weighted by atomic mass is 10.0. The van der Waals surface area contributed by atoms with E-state index in [9.17, 15) is 24.0 Å². The Morgan fingerprint density at radius 3 is 2.57 bits per heavy atom. The Balaban J connectivity index is 1.59. The minimum Gasteiger partial charge on any atom is -0.365 e. The van der Waals surface area contributed by atoms with E-state index < -0.39 is 29.9 Å². The number of ether oxygens (including phenoxy) is 1. The van der Waals surface area contributed by atoms with Crippen LogP contribution in [0.25, 0.3) is 0 Å². The number of amides is 4. The zero-order chi connectivity index (χ0) is 21.7. The number of nitrogens with zero attached hydrogens (tertiary/aromatic N) is 1. The number of hydrogen-bond acceptors (Lipinski definition) is 6. The summed E-state index contributed by atoms with van der Waals surface area (Å²) in [6.45, 7) is 2.31. The normalized spacial score (nSPS) is 29.8. The van der Waals surface area contributed by atoms with Gasteiger partial charge in [0, 0.05) is 13.0 Å². The van der Waals surface area contributed by atoms with Gasteiger partial charge in [-0.2, -0.15) is 0 Å². The zero-order valence-electron chi connectivity index (χ0n) is 17.3. The number of hydrogen-bond donors (Lipinski definition) is 3. The van der Waals surface area contributed by atoms with Crippen molar-refractivity contribution in [3.8, 4) is 0 Å². The number of carbonyl (C=O) groups excluding carboxylic acids is 5. The first-order valence-electron chi connectivity index (χ1n) is 10.7. The standard InChI is InChI=1S/C20H30N4O6/c1-12-18(27)21-10-17(26)24-9-5-7-14(24)20(29)23-13(19(28)22-12)6-3-2-4-8-15(25)16-11-30-16/h12-14,16H,2-11H2,1H3,(H,21,27)(H,22,28)(H,23,29)/t12-,13+,14-,16+/m1/s1. The van der Waals surface area contributed by atoms with Crippen molar-refractivity contribution in [2.75, 3.05) is 19.7 Å². The fourth-order valence-corrected chi connectivity index (χ4v) is 3.89. The molecule has 0 aromatic heterocycles. The van der Waals surface area contributed by atoms with Gasteiger partial charge in [-0.3, -0.25) is 24.0 Å². The van der Waals surface area contributed by atoms with Gasteiger partial charge in [-0.25, -0.2) is 0 Å². The molecule has 30 heavy (non-hydrogen) atoms. The number of ketones is 1. The van der Waals surface area contributed by atoms with Gasteiger partial charge in [-0.05, 0) is 32.6 Å². The summed E-state index contributed by atoms with van der Waals surface area (Å²) in [5.74, 6) is -1.41. The average Bonchev–Trinajstić information content (AvgIpc) is 3.45. The number of Topliss-reactive ketones (excluding diaryl/α,β-unsaturated/α-hetero) is 1. The van der Waals surface area contributed by atoms with Crippen LogP contribution in [0.1, 0.15) is 51.9 Å². The van der Waals surface area contributed by atoms with E-state index in [0.29, 0.717) is 51.7 Å². The number of carbonyl (C=O) groups is 5. The van der Waals surface area contributed by atoms with Crippen molar-refractivity contribution in [1.29, 1.82) is 0 Å². The first-order chi connectivity index (χ1) is 14.4. The molecule has 166 valence electrons.